The molecular formula is C36H48O6P2. The van der Waals surface area contributed by atoms with Crippen LogP contribution in [0.25, 0.3) is 0 Å². The molecule has 0 saturated heterocycles. The molecule has 0 aromatic heterocycles. The van der Waals surface area contributed by atoms with Gasteiger partial charge in [-0.25, -0.2) is 9.13 Å². The molecule has 0 radical (unpaired) electrons. The first-order chi connectivity index (χ1) is 21.3. The van der Waals surface area contributed by atoms with Gasteiger partial charge in [-0.15, -0.1) is 0 Å². The van der Waals surface area contributed by atoms with Gasteiger partial charge in [0.1, 0.15) is 11.5 Å². The van der Waals surface area contributed by atoms with Crippen LogP contribution >= 0.6 is 15.2 Å². The Morgan fingerprint density at radius 3 is 1.70 bits per heavy atom. The third kappa shape index (κ3) is 9.94. The van der Waals surface area contributed by atoms with Crippen LogP contribution in [0.2, 0.25) is 0 Å². The Morgan fingerprint density at radius 1 is 0.727 bits per heavy atom. The van der Waals surface area contributed by atoms with E-state index in [1.807, 2.05) is 86.6 Å². The monoisotopic (exact) mass is 638 g/mol. The summed E-state index contributed by atoms with van der Waals surface area (Å²) in [6.07, 6.45) is 9.35. The normalized spacial score (nSPS) is 17.7. The summed E-state index contributed by atoms with van der Waals surface area (Å²) in [4.78, 5) is 0. The van der Waals surface area contributed by atoms with Crippen LogP contribution in [0.5, 0.6) is 11.5 Å². The van der Waals surface area contributed by atoms with Crippen LogP contribution < -0.4 is 9.05 Å². The van der Waals surface area contributed by atoms with E-state index in [-0.39, 0.29) is 31.5 Å². The lowest BCUT2D eigenvalue weighted by molar-refractivity contribution is 0.273. The van der Waals surface area contributed by atoms with Crippen LogP contribution in [0.4, 0.5) is 0 Å². The molecule has 3 aromatic rings. The van der Waals surface area contributed by atoms with Gasteiger partial charge in [0.15, 0.2) is 0 Å². The van der Waals surface area contributed by atoms with E-state index in [1.54, 1.807) is 0 Å². The Hall–Kier alpha value is -2.62. The first-order valence-corrected chi connectivity index (χ1v) is 19.5. The van der Waals surface area contributed by atoms with Crippen LogP contribution in [0.1, 0.15) is 94.4 Å². The molecule has 0 saturated carbocycles. The van der Waals surface area contributed by atoms with E-state index < -0.39 is 15.2 Å². The maximum absolute atomic E-state index is 14.4. The molecule has 3 aromatic carbocycles. The van der Waals surface area contributed by atoms with Crippen LogP contribution in [-0.4, -0.2) is 13.2 Å². The van der Waals surface area contributed by atoms with Gasteiger partial charge in [-0.3, -0.25) is 9.05 Å². The van der Waals surface area contributed by atoms with Crippen molar-refractivity contribution in [2.45, 2.75) is 90.9 Å². The topological polar surface area (TPSA) is 71.1 Å². The second kappa shape index (κ2) is 16.6. The number of allylic oxidation sites excluding steroid dienone is 2. The van der Waals surface area contributed by atoms with Crippen LogP contribution in [0.3, 0.4) is 0 Å². The lowest BCUT2D eigenvalue weighted by Gasteiger charge is -2.29. The fourth-order valence-corrected chi connectivity index (χ4v) is 9.17. The second-order valence-corrected chi connectivity index (χ2v) is 15.5. The maximum Gasteiger partial charge on any atom is 0.383 e. The average Bonchev–Trinajstić information content (AvgIpc) is 2.98. The molecule has 0 N–H and O–H groups in total. The number of benzene rings is 3. The molecule has 0 amide bonds. The van der Waals surface area contributed by atoms with Crippen molar-refractivity contribution in [1.82, 2.24) is 0 Å². The van der Waals surface area contributed by atoms with Crippen molar-refractivity contribution in [3.05, 3.63) is 107 Å². The van der Waals surface area contributed by atoms with Gasteiger partial charge in [0.2, 0.25) is 0 Å². The van der Waals surface area contributed by atoms with Crippen molar-refractivity contribution in [2.75, 3.05) is 13.2 Å². The summed E-state index contributed by atoms with van der Waals surface area (Å²) in [5.74, 6) is 0.887. The third-order valence-electron chi connectivity index (χ3n) is 7.74. The molecule has 8 heteroatoms. The zero-order valence-corrected chi connectivity index (χ0v) is 28.5. The molecule has 0 spiro atoms. The van der Waals surface area contributed by atoms with Gasteiger partial charge in [0.25, 0.3) is 0 Å². The summed E-state index contributed by atoms with van der Waals surface area (Å²) in [7, 11) is -7.25. The summed E-state index contributed by atoms with van der Waals surface area (Å²) in [5.41, 5.74) is 4.76. The summed E-state index contributed by atoms with van der Waals surface area (Å²) in [6, 6.07) is 23.3. The van der Waals surface area contributed by atoms with Crippen molar-refractivity contribution in [2.24, 2.45) is 0 Å². The minimum absolute atomic E-state index is 0.0583. The standard InChI is InChI=1S/C36H48O6P2/c1-5-8-11-22-32-25-34(41-43(37,39-6-2)27-30-18-12-9-13-19-30)36(33-23-16-17-29(4)24-33)35(26-32)42-44(38,40-7-3)28-31-20-14-10-15-21-31/h9-10,12-15,18-21,24-26,33H,5-8,11,16-17,22-23,27-28H2,1-4H3. The first kappa shape index (κ1) is 34.3. The lowest BCUT2D eigenvalue weighted by Crippen LogP contribution is -2.11. The smallest absolute Gasteiger partial charge is 0.383 e. The Kier molecular flexibility index (Phi) is 12.9. The average molecular weight is 639 g/mol. The minimum atomic E-state index is -3.62. The molecule has 44 heavy (non-hydrogen) atoms. The minimum Gasteiger partial charge on any atom is -0.424 e. The van der Waals surface area contributed by atoms with Crippen LogP contribution in [0, 0.1) is 0 Å². The van der Waals surface area contributed by atoms with E-state index in [0.717, 1.165) is 67.2 Å². The molecule has 0 heterocycles. The highest BCUT2D eigenvalue weighted by Gasteiger charge is 2.34. The molecule has 3 unspecified atom stereocenters. The van der Waals surface area contributed by atoms with Crippen LogP contribution in [0.15, 0.2) is 84.4 Å². The van der Waals surface area contributed by atoms with E-state index in [2.05, 4.69) is 19.9 Å². The molecule has 238 valence electrons. The van der Waals surface area contributed by atoms with Gasteiger partial charge in [0.05, 0.1) is 25.5 Å². The Morgan fingerprint density at radius 2 is 1.25 bits per heavy atom. The van der Waals surface area contributed by atoms with Gasteiger partial charge in [-0.05, 0) is 81.7 Å². The van der Waals surface area contributed by atoms with Gasteiger partial charge in [0, 0.05) is 11.5 Å². The van der Waals surface area contributed by atoms with Crippen LogP contribution in [-0.2, 0) is 36.9 Å². The third-order valence-corrected chi connectivity index (χ3v) is 11.5. The summed E-state index contributed by atoms with van der Waals surface area (Å²) in [5, 5.41) is 0. The fourth-order valence-electron chi connectivity index (χ4n) is 5.75. The molecule has 4 rings (SSSR count). The molecular weight excluding hydrogens is 590 g/mol. The molecule has 1 aliphatic rings. The highest BCUT2D eigenvalue weighted by atomic mass is 31.2. The highest BCUT2D eigenvalue weighted by molar-refractivity contribution is 7.53. The quantitative estimate of drug-likeness (QED) is 0.0832. The lowest BCUT2D eigenvalue weighted by atomic mass is 9.84. The van der Waals surface area contributed by atoms with Crippen molar-refractivity contribution in [3.63, 3.8) is 0 Å². The summed E-state index contributed by atoms with van der Waals surface area (Å²) < 4.78 is 53.6. The molecule has 0 aliphatic heterocycles. The predicted octanol–water partition coefficient (Wildman–Crippen LogP) is 11.3. The second-order valence-electron chi connectivity index (χ2n) is 11.5. The molecule has 3 atom stereocenters. The van der Waals surface area contributed by atoms with Crippen molar-refractivity contribution in [1.29, 1.82) is 0 Å². The van der Waals surface area contributed by atoms with E-state index in [9.17, 15) is 9.13 Å². The Balaban J connectivity index is 1.85. The van der Waals surface area contributed by atoms with E-state index in [0.29, 0.717) is 11.5 Å². The zero-order chi connectivity index (χ0) is 31.4. The number of hydrogen-bond acceptors (Lipinski definition) is 6. The maximum atomic E-state index is 14.4. The van der Waals surface area contributed by atoms with Gasteiger partial charge in [-0.1, -0.05) is 92.1 Å². The highest BCUT2D eigenvalue weighted by Crippen LogP contribution is 2.58. The van der Waals surface area contributed by atoms with E-state index in [1.165, 1.54) is 5.57 Å². The summed E-state index contributed by atoms with van der Waals surface area (Å²) in [6.45, 7) is 8.46. The van der Waals surface area contributed by atoms with E-state index in [4.69, 9.17) is 18.1 Å². The number of hydrogen-bond donors (Lipinski definition) is 0. The Labute approximate surface area is 264 Å². The molecule has 1 aliphatic carbocycles. The fraction of sp³-hybridized carbons (Fsp3) is 0.444. The Bertz CT molecular complexity index is 1370. The SMILES string of the molecule is CCCCCc1cc(OP(=O)(Cc2ccccc2)OCC)c(C2C=C(C)CCC2)c(OP(=O)(Cc2ccccc2)OCC)c1. The first-order valence-electron chi connectivity index (χ1n) is 16.0. The van der Waals surface area contributed by atoms with Gasteiger partial charge in [-0.2, -0.15) is 0 Å². The van der Waals surface area contributed by atoms with Crippen molar-refractivity contribution < 1.29 is 27.2 Å². The molecule has 6 nitrogen and oxygen atoms in total. The van der Waals surface area contributed by atoms with Crippen molar-refractivity contribution >= 4 is 15.2 Å². The van der Waals surface area contributed by atoms with E-state index >= 15 is 0 Å². The predicted molar refractivity (Wildman–Crippen MR) is 180 cm³/mol. The largest absolute Gasteiger partial charge is 0.424 e. The van der Waals surface area contributed by atoms with Gasteiger partial charge >= 0.3 is 15.2 Å². The molecule has 0 bridgehead atoms. The molecule has 0 fully saturated rings. The zero-order valence-electron chi connectivity index (χ0n) is 26.7. The van der Waals surface area contributed by atoms with Crippen molar-refractivity contribution in [3.8, 4) is 11.5 Å². The number of unbranched alkanes of at least 4 members (excludes halogenated alkanes) is 2. The number of rotatable bonds is 17. The summed E-state index contributed by atoms with van der Waals surface area (Å²) >= 11 is 0. The number of aryl methyl sites for hydroxylation is 1. The van der Waals surface area contributed by atoms with Gasteiger partial charge < -0.3 is 9.05 Å².